The Bertz CT molecular complexity index is 1280. The molecule has 0 fully saturated rings. The van der Waals surface area contributed by atoms with E-state index < -0.39 is 13.3 Å². The maximum Gasteiger partial charge on any atom is 0.251 e. The first-order chi connectivity index (χ1) is 17.0. The largest absolute Gasteiger partial charge is 0.343 e. The number of nitrogens with one attached hydrogen (secondary N) is 1. The molecule has 4 aromatic carbocycles. The number of nitrogens with zero attached hydrogens (tertiary/aromatic N) is 1. The molecule has 176 valence electrons. The van der Waals surface area contributed by atoms with Crippen molar-refractivity contribution in [1.82, 2.24) is 5.32 Å². The summed E-state index contributed by atoms with van der Waals surface area (Å²) in [6.07, 6.45) is 0. The third kappa shape index (κ3) is 5.67. The summed E-state index contributed by atoms with van der Waals surface area (Å²) >= 11 is 0. The SMILES string of the molecule is CC(C)[C@H](NC(=O)c1ccccc1)/C(=N\P(=O)(c1ccccc1)c1ccccc1)c1ccccc1. The van der Waals surface area contributed by atoms with Crippen LogP contribution in [0.5, 0.6) is 0 Å². The van der Waals surface area contributed by atoms with Crippen LogP contribution in [0.4, 0.5) is 0 Å². The molecule has 0 heterocycles. The predicted octanol–water partition coefficient (Wildman–Crippen LogP) is 5.86. The van der Waals surface area contributed by atoms with Crippen molar-refractivity contribution in [3.63, 3.8) is 0 Å². The molecule has 0 bridgehead atoms. The van der Waals surface area contributed by atoms with Gasteiger partial charge in [0.15, 0.2) is 0 Å². The van der Waals surface area contributed by atoms with Gasteiger partial charge in [0.05, 0.1) is 11.8 Å². The number of carbonyl (C=O) groups excluding carboxylic acids is 1. The average Bonchev–Trinajstić information content (AvgIpc) is 2.92. The Labute approximate surface area is 207 Å². The minimum absolute atomic E-state index is 0.00150. The summed E-state index contributed by atoms with van der Waals surface area (Å²) in [6.45, 7) is 4.06. The number of hydrogen-bond acceptors (Lipinski definition) is 2. The molecular formula is C30H29N2O2P. The molecule has 0 aliphatic rings. The van der Waals surface area contributed by atoms with Gasteiger partial charge in [0.2, 0.25) is 7.29 Å². The van der Waals surface area contributed by atoms with E-state index in [-0.39, 0.29) is 11.8 Å². The lowest BCUT2D eigenvalue weighted by atomic mass is 9.94. The Morgan fingerprint density at radius 2 is 1.06 bits per heavy atom. The van der Waals surface area contributed by atoms with Gasteiger partial charge in [-0.3, -0.25) is 9.36 Å². The second kappa shape index (κ2) is 11.1. The normalized spacial score (nSPS) is 12.8. The predicted molar refractivity (Wildman–Crippen MR) is 145 cm³/mol. The molecule has 0 spiro atoms. The van der Waals surface area contributed by atoms with Gasteiger partial charge < -0.3 is 5.32 Å². The highest BCUT2D eigenvalue weighted by atomic mass is 31.2. The maximum absolute atomic E-state index is 14.8. The molecule has 0 radical (unpaired) electrons. The molecular weight excluding hydrogens is 451 g/mol. The van der Waals surface area contributed by atoms with Crippen LogP contribution in [0.1, 0.15) is 29.8 Å². The lowest BCUT2D eigenvalue weighted by Crippen LogP contribution is -2.45. The quantitative estimate of drug-likeness (QED) is 0.254. The van der Waals surface area contributed by atoms with Gasteiger partial charge >= 0.3 is 0 Å². The first-order valence-electron chi connectivity index (χ1n) is 11.7. The molecule has 0 aliphatic heterocycles. The first-order valence-corrected chi connectivity index (χ1v) is 13.4. The van der Waals surface area contributed by atoms with Crippen LogP contribution >= 0.6 is 7.29 Å². The highest BCUT2D eigenvalue weighted by Crippen LogP contribution is 2.46. The van der Waals surface area contributed by atoms with Gasteiger partial charge in [-0.2, -0.15) is 0 Å². The Balaban J connectivity index is 1.89. The van der Waals surface area contributed by atoms with E-state index in [1.807, 2.05) is 123 Å². The molecule has 0 aromatic heterocycles. The number of benzene rings is 4. The zero-order chi connectivity index (χ0) is 24.7. The van der Waals surface area contributed by atoms with Gasteiger partial charge in [-0.05, 0) is 47.9 Å². The fourth-order valence-electron chi connectivity index (χ4n) is 3.95. The number of amides is 1. The van der Waals surface area contributed by atoms with Crippen molar-refractivity contribution in [2.75, 3.05) is 0 Å². The third-order valence-electron chi connectivity index (χ3n) is 5.81. The summed E-state index contributed by atoms with van der Waals surface area (Å²) in [5, 5.41) is 4.47. The summed E-state index contributed by atoms with van der Waals surface area (Å²) in [5.41, 5.74) is 1.99. The van der Waals surface area contributed by atoms with E-state index in [4.69, 9.17) is 4.76 Å². The van der Waals surface area contributed by atoms with Gasteiger partial charge in [0, 0.05) is 16.2 Å². The molecule has 5 heteroatoms. The van der Waals surface area contributed by atoms with Gasteiger partial charge in [-0.25, -0.2) is 4.76 Å². The fourth-order valence-corrected chi connectivity index (χ4v) is 6.17. The standard InChI is InChI=1S/C30H29N2O2P/c1-23(2)28(31-30(33)25-17-9-4-10-18-25)29(24-15-7-3-8-16-24)32-35(34,26-19-11-5-12-20-26)27-21-13-6-14-22-27/h3-23,28H,1-2H3,(H,31,33)/b32-29-/t28-/m0/s1. The maximum atomic E-state index is 14.8. The van der Waals surface area contributed by atoms with Crippen LogP contribution in [-0.2, 0) is 4.57 Å². The third-order valence-corrected chi connectivity index (χ3v) is 8.31. The number of carbonyl (C=O) groups is 1. The zero-order valence-electron chi connectivity index (χ0n) is 19.9. The van der Waals surface area contributed by atoms with Crippen molar-refractivity contribution in [3.05, 3.63) is 132 Å². The highest BCUT2D eigenvalue weighted by Gasteiger charge is 2.31. The molecule has 1 amide bonds. The molecule has 0 saturated carbocycles. The average molecular weight is 481 g/mol. The van der Waals surface area contributed by atoms with Gasteiger partial charge in [-0.15, -0.1) is 0 Å². The van der Waals surface area contributed by atoms with Crippen molar-refractivity contribution in [2.24, 2.45) is 10.7 Å². The molecule has 4 rings (SSSR count). The minimum atomic E-state index is -3.42. The summed E-state index contributed by atoms with van der Waals surface area (Å²) in [5.74, 6) is -0.191. The van der Waals surface area contributed by atoms with Crippen LogP contribution in [-0.4, -0.2) is 17.7 Å². The monoisotopic (exact) mass is 480 g/mol. The van der Waals surface area contributed by atoms with Crippen molar-refractivity contribution in [1.29, 1.82) is 0 Å². The van der Waals surface area contributed by atoms with Crippen LogP contribution < -0.4 is 15.9 Å². The Kier molecular flexibility index (Phi) is 7.74. The second-order valence-corrected chi connectivity index (χ2v) is 11.0. The van der Waals surface area contributed by atoms with E-state index in [0.29, 0.717) is 21.9 Å². The smallest absolute Gasteiger partial charge is 0.251 e. The Morgan fingerprint density at radius 1 is 0.657 bits per heavy atom. The van der Waals surface area contributed by atoms with E-state index in [2.05, 4.69) is 5.32 Å². The highest BCUT2D eigenvalue weighted by molar-refractivity contribution is 7.77. The van der Waals surface area contributed by atoms with Gasteiger partial charge in [-0.1, -0.05) is 98.8 Å². The molecule has 1 N–H and O–H groups in total. The van der Waals surface area contributed by atoms with Crippen molar-refractivity contribution in [2.45, 2.75) is 19.9 Å². The lowest BCUT2D eigenvalue weighted by molar-refractivity contribution is 0.0939. The van der Waals surface area contributed by atoms with E-state index in [9.17, 15) is 9.36 Å². The topological polar surface area (TPSA) is 58.5 Å². The van der Waals surface area contributed by atoms with Crippen LogP contribution in [0.3, 0.4) is 0 Å². The molecule has 0 unspecified atom stereocenters. The van der Waals surface area contributed by atoms with Crippen LogP contribution in [0, 0.1) is 5.92 Å². The number of hydrogen-bond donors (Lipinski definition) is 1. The summed E-state index contributed by atoms with van der Waals surface area (Å²) in [6, 6.07) is 37.1. The van der Waals surface area contributed by atoms with Crippen LogP contribution in [0.15, 0.2) is 126 Å². The van der Waals surface area contributed by atoms with E-state index >= 15 is 0 Å². The van der Waals surface area contributed by atoms with E-state index in [1.54, 1.807) is 12.1 Å². The molecule has 4 nitrogen and oxygen atoms in total. The summed E-state index contributed by atoms with van der Waals surface area (Å²) in [7, 11) is -3.42. The van der Waals surface area contributed by atoms with Crippen molar-refractivity contribution in [3.8, 4) is 0 Å². The van der Waals surface area contributed by atoms with Gasteiger partial charge in [0.1, 0.15) is 0 Å². The molecule has 0 aliphatic carbocycles. The Hall–Kier alpha value is -3.75. The summed E-state index contributed by atoms with van der Waals surface area (Å²) in [4.78, 5) is 13.2. The minimum Gasteiger partial charge on any atom is -0.343 e. The lowest BCUT2D eigenvalue weighted by Gasteiger charge is -2.27. The first kappa shape index (κ1) is 24.4. The molecule has 35 heavy (non-hydrogen) atoms. The second-order valence-electron chi connectivity index (χ2n) is 8.66. The fraction of sp³-hybridized carbons (Fsp3) is 0.133. The van der Waals surface area contributed by atoms with Crippen LogP contribution in [0.2, 0.25) is 0 Å². The van der Waals surface area contributed by atoms with Gasteiger partial charge in [0.25, 0.3) is 5.91 Å². The van der Waals surface area contributed by atoms with Crippen molar-refractivity contribution >= 4 is 29.5 Å². The molecule has 0 saturated heterocycles. The zero-order valence-corrected chi connectivity index (χ0v) is 20.8. The number of rotatable bonds is 8. The van der Waals surface area contributed by atoms with Crippen LogP contribution in [0.25, 0.3) is 0 Å². The van der Waals surface area contributed by atoms with Crippen molar-refractivity contribution < 1.29 is 9.36 Å². The summed E-state index contributed by atoms with van der Waals surface area (Å²) < 4.78 is 19.8. The Morgan fingerprint density at radius 3 is 1.49 bits per heavy atom. The van der Waals surface area contributed by atoms with E-state index in [0.717, 1.165) is 5.56 Å². The molecule has 1 atom stereocenters. The molecule has 4 aromatic rings. The van der Waals surface area contributed by atoms with E-state index in [1.165, 1.54) is 0 Å².